The first-order valence-electron chi connectivity index (χ1n) is 15.5. The Balaban J connectivity index is 1.36. The zero-order valence-corrected chi connectivity index (χ0v) is 26.2. The van der Waals surface area contributed by atoms with E-state index in [4.69, 9.17) is 0 Å². The molecule has 0 atom stereocenters. The summed E-state index contributed by atoms with van der Waals surface area (Å²) in [6, 6.07) is 25.0. The van der Waals surface area contributed by atoms with Crippen molar-refractivity contribution in [2.24, 2.45) is 0 Å². The van der Waals surface area contributed by atoms with Gasteiger partial charge in [-0.15, -0.1) is 0 Å². The Morgan fingerprint density at radius 2 is 1.44 bits per heavy atom. The first kappa shape index (κ1) is 30.1. The molecule has 0 spiro atoms. The second kappa shape index (κ2) is 11.5. The Morgan fingerprint density at radius 1 is 0.800 bits per heavy atom. The summed E-state index contributed by atoms with van der Waals surface area (Å²) >= 11 is 0. The van der Waals surface area contributed by atoms with E-state index in [1.54, 1.807) is 0 Å². The number of rotatable bonds is 9. The van der Waals surface area contributed by atoms with Crippen molar-refractivity contribution in [3.8, 4) is 0 Å². The number of fused-ring (bicyclic) bond motifs is 6. The van der Waals surface area contributed by atoms with E-state index in [-0.39, 0.29) is 23.7 Å². The maximum Gasteiger partial charge on any atom is 0.305 e. The molecule has 228 valence electrons. The van der Waals surface area contributed by atoms with E-state index in [1.807, 2.05) is 42.5 Å². The van der Waals surface area contributed by atoms with Gasteiger partial charge in [-0.1, -0.05) is 86.7 Å². The molecule has 1 N–H and O–H groups in total. The number of aliphatic carboxylic acids is 2. The molecule has 2 heterocycles. The molecule has 0 aromatic heterocycles. The lowest BCUT2D eigenvalue weighted by Crippen LogP contribution is -2.30. The molecule has 0 saturated heterocycles. The molecule has 6 heteroatoms. The van der Waals surface area contributed by atoms with Gasteiger partial charge in [-0.25, -0.2) is 0 Å². The predicted octanol–water partition coefficient (Wildman–Crippen LogP) is 6.78. The van der Waals surface area contributed by atoms with Crippen molar-refractivity contribution in [2.45, 2.75) is 51.4 Å². The topological polar surface area (TPSA) is 83.7 Å². The molecule has 0 amide bonds. The molecular weight excluding hydrogens is 560 g/mol. The summed E-state index contributed by atoms with van der Waals surface area (Å²) in [4.78, 5) is 25.2. The summed E-state index contributed by atoms with van der Waals surface area (Å²) in [7, 11) is 0. The van der Waals surface area contributed by atoms with E-state index in [0.29, 0.717) is 13.1 Å². The van der Waals surface area contributed by atoms with E-state index in [1.165, 1.54) is 21.9 Å². The number of anilines is 1. The smallest absolute Gasteiger partial charge is 0.305 e. The average Bonchev–Trinajstić information content (AvgIpc) is 3.37. The molecular formula is C39H38N2O4. The Morgan fingerprint density at radius 3 is 2.11 bits per heavy atom. The highest BCUT2D eigenvalue weighted by Gasteiger charge is 2.45. The number of hydrogen-bond acceptors (Lipinski definition) is 4. The van der Waals surface area contributed by atoms with Gasteiger partial charge >= 0.3 is 5.97 Å². The van der Waals surface area contributed by atoms with Crippen LogP contribution in [-0.2, 0) is 20.4 Å². The van der Waals surface area contributed by atoms with Crippen molar-refractivity contribution in [3.63, 3.8) is 0 Å². The SMILES string of the molecule is CC1(C)C(/C=C/C=C/C=C2/N(CCC(=O)O)c3ccc4ccccc4c3C2(C)C)=[N+](CCC(=O)[O-])c2ccc3ccccc3c21. The molecule has 2 aliphatic rings. The van der Waals surface area contributed by atoms with Gasteiger partial charge in [-0.3, -0.25) is 4.79 Å². The van der Waals surface area contributed by atoms with Crippen molar-refractivity contribution < 1.29 is 24.4 Å². The number of benzene rings is 4. The molecule has 4 aromatic rings. The number of nitrogens with zero attached hydrogens (tertiary/aromatic N) is 2. The zero-order valence-electron chi connectivity index (χ0n) is 26.2. The molecule has 6 nitrogen and oxygen atoms in total. The van der Waals surface area contributed by atoms with Crippen molar-refractivity contribution in [1.29, 1.82) is 0 Å². The Bertz CT molecular complexity index is 1980. The molecule has 4 aromatic carbocycles. The van der Waals surface area contributed by atoms with Crippen molar-refractivity contribution in [3.05, 3.63) is 120 Å². The molecule has 45 heavy (non-hydrogen) atoms. The molecule has 0 radical (unpaired) electrons. The molecule has 6 rings (SSSR count). The van der Waals surface area contributed by atoms with E-state index < -0.39 is 11.9 Å². The van der Waals surface area contributed by atoms with Crippen LogP contribution in [0.5, 0.6) is 0 Å². The average molecular weight is 599 g/mol. The lowest BCUT2D eigenvalue weighted by Gasteiger charge is -2.26. The van der Waals surface area contributed by atoms with E-state index in [2.05, 4.69) is 97.9 Å². The van der Waals surface area contributed by atoms with Gasteiger partial charge < -0.3 is 19.9 Å². The fourth-order valence-corrected chi connectivity index (χ4v) is 7.32. The number of hydrogen-bond donors (Lipinski definition) is 1. The first-order chi connectivity index (χ1) is 21.5. The minimum atomic E-state index is -1.07. The molecule has 0 bridgehead atoms. The number of carbonyl (C=O) groups excluding carboxylic acids is 1. The van der Waals surface area contributed by atoms with Gasteiger partial charge in [-0.05, 0) is 59.2 Å². The van der Waals surface area contributed by atoms with Crippen molar-refractivity contribution in [1.82, 2.24) is 0 Å². The maximum atomic E-state index is 11.6. The van der Waals surface area contributed by atoms with Gasteiger partial charge in [0.25, 0.3) is 0 Å². The first-order valence-corrected chi connectivity index (χ1v) is 15.5. The van der Waals surface area contributed by atoms with Gasteiger partial charge in [0.15, 0.2) is 12.3 Å². The fraction of sp³-hybridized carbons (Fsp3) is 0.256. The van der Waals surface area contributed by atoms with Crippen LogP contribution in [0.3, 0.4) is 0 Å². The van der Waals surface area contributed by atoms with E-state index in [9.17, 15) is 19.8 Å². The van der Waals surface area contributed by atoms with Gasteiger partial charge in [0.05, 0.1) is 11.8 Å². The fourth-order valence-electron chi connectivity index (χ4n) is 7.32. The summed E-state index contributed by atoms with van der Waals surface area (Å²) < 4.78 is 2.11. The molecule has 0 aliphatic carbocycles. The third kappa shape index (κ3) is 5.24. The van der Waals surface area contributed by atoms with Crippen LogP contribution >= 0.6 is 0 Å². The van der Waals surface area contributed by atoms with Crippen LogP contribution < -0.4 is 10.0 Å². The van der Waals surface area contributed by atoms with Crippen LogP contribution in [0.25, 0.3) is 21.5 Å². The summed E-state index contributed by atoms with van der Waals surface area (Å²) in [5.74, 6) is -1.90. The maximum absolute atomic E-state index is 11.6. The van der Waals surface area contributed by atoms with Crippen LogP contribution in [0.15, 0.2) is 109 Å². The zero-order chi connectivity index (χ0) is 31.9. The quantitative estimate of drug-likeness (QED) is 0.170. The van der Waals surface area contributed by atoms with E-state index >= 15 is 0 Å². The number of carboxylic acid groups (broad SMARTS) is 2. The van der Waals surface area contributed by atoms with Gasteiger partial charge in [0, 0.05) is 53.4 Å². The summed E-state index contributed by atoms with van der Waals surface area (Å²) in [5.41, 5.74) is 5.85. The highest BCUT2D eigenvalue weighted by molar-refractivity contribution is 6.07. The minimum absolute atomic E-state index is 0.0354. The van der Waals surface area contributed by atoms with Crippen LogP contribution in [-0.4, -0.2) is 40.4 Å². The molecule has 0 unspecified atom stereocenters. The van der Waals surface area contributed by atoms with Gasteiger partial charge in [0.2, 0.25) is 5.69 Å². The van der Waals surface area contributed by atoms with Crippen LogP contribution in [0.2, 0.25) is 0 Å². The van der Waals surface area contributed by atoms with Crippen LogP contribution in [0.4, 0.5) is 11.4 Å². The number of allylic oxidation sites excluding steroid dienone is 6. The van der Waals surface area contributed by atoms with Crippen molar-refractivity contribution in [2.75, 3.05) is 18.0 Å². The monoisotopic (exact) mass is 598 g/mol. The second-order valence-electron chi connectivity index (χ2n) is 12.9. The lowest BCUT2D eigenvalue weighted by molar-refractivity contribution is -0.439. The highest BCUT2D eigenvalue weighted by Crippen LogP contribution is 2.51. The standard InChI is InChI=1S/C39H38N2O4/c1-38(2)32(40(24-22-34(42)43)30-20-18-26-12-8-10-14-28(26)36(30)38)16-6-5-7-17-33-39(3,4)37-29-15-11-9-13-27(29)19-21-31(37)41(33)25-23-35(44)45/h5-21H,22-25H2,1-4H3,(H-,42,43,44,45). The Labute approximate surface area is 263 Å². The van der Waals surface area contributed by atoms with Crippen molar-refractivity contribution >= 4 is 50.6 Å². The third-order valence-electron chi connectivity index (χ3n) is 9.33. The normalized spacial score (nSPS) is 17.7. The highest BCUT2D eigenvalue weighted by atomic mass is 16.4. The van der Waals surface area contributed by atoms with Crippen LogP contribution in [0, 0.1) is 0 Å². The van der Waals surface area contributed by atoms with Crippen LogP contribution in [0.1, 0.15) is 51.7 Å². The summed E-state index contributed by atoms with van der Waals surface area (Å²) in [6.07, 6.45) is 10.1. The largest absolute Gasteiger partial charge is 0.550 e. The predicted molar refractivity (Wildman–Crippen MR) is 179 cm³/mol. The Kier molecular flexibility index (Phi) is 7.69. The molecule has 0 fully saturated rings. The Hall–Kier alpha value is -4.97. The minimum Gasteiger partial charge on any atom is -0.550 e. The second-order valence-corrected chi connectivity index (χ2v) is 12.9. The number of carbonyl (C=O) groups is 2. The molecule has 2 aliphatic heterocycles. The number of carboxylic acids is 2. The molecule has 0 saturated carbocycles. The van der Waals surface area contributed by atoms with Gasteiger partial charge in [0.1, 0.15) is 0 Å². The summed E-state index contributed by atoms with van der Waals surface area (Å²) in [5, 5.41) is 25.6. The van der Waals surface area contributed by atoms with Gasteiger partial charge in [-0.2, -0.15) is 4.58 Å². The third-order valence-corrected chi connectivity index (χ3v) is 9.33. The van der Waals surface area contributed by atoms with E-state index in [0.717, 1.165) is 33.6 Å². The summed E-state index contributed by atoms with van der Waals surface area (Å²) in [6.45, 7) is 9.47. The lowest BCUT2D eigenvalue weighted by atomic mass is 9.79.